The number of carbonyl (C=O) groups excluding carboxylic acids is 1. The molecule has 4 aromatic rings. The van der Waals surface area contributed by atoms with Gasteiger partial charge in [0.05, 0.1) is 23.8 Å². The Balaban J connectivity index is 1.58. The van der Waals surface area contributed by atoms with E-state index in [9.17, 15) is 4.79 Å². The van der Waals surface area contributed by atoms with E-state index >= 15 is 0 Å². The van der Waals surface area contributed by atoms with E-state index < -0.39 is 0 Å². The summed E-state index contributed by atoms with van der Waals surface area (Å²) in [6.45, 7) is 6.41. The summed E-state index contributed by atoms with van der Waals surface area (Å²) in [5.41, 5.74) is 3.90. The van der Waals surface area contributed by atoms with Gasteiger partial charge in [-0.15, -0.1) is 0 Å². The number of nitrogens with zero attached hydrogens (tertiary/aromatic N) is 3. The molecule has 0 saturated carbocycles. The van der Waals surface area contributed by atoms with Gasteiger partial charge < -0.3 is 0 Å². The first-order chi connectivity index (χ1) is 15.5. The molecule has 3 aromatic carbocycles. The third kappa shape index (κ3) is 3.74. The number of carbonyl (C=O) groups is 1. The maximum atomic E-state index is 13.7. The van der Waals surface area contributed by atoms with E-state index in [0.29, 0.717) is 6.54 Å². The van der Waals surface area contributed by atoms with Gasteiger partial charge in [-0.3, -0.25) is 9.63 Å². The Morgan fingerprint density at radius 3 is 2.38 bits per heavy atom. The highest BCUT2D eigenvalue weighted by Gasteiger charge is 2.47. The Morgan fingerprint density at radius 2 is 1.66 bits per heavy atom. The smallest absolute Gasteiger partial charge is 0.254 e. The van der Waals surface area contributed by atoms with Gasteiger partial charge in [-0.2, -0.15) is 10.2 Å². The molecule has 0 N–H and O–H groups in total. The molecule has 3 atom stereocenters. The van der Waals surface area contributed by atoms with Gasteiger partial charge in [0.1, 0.15) is 0 Å². The molecule has 0 radical (unpaired) electrons. The van der Waals surface area contributed by atoms with Crippen molar-refractivity contribution in [3.05, 3.63) is 101 Å². The molecule has 162 valence electrons. The summed E-state index contributed by atoms with van der Waals surface area (Å²) in [5, 5.41) is 8.77. The molecular weight excluding hydrogens is 398 g/mol. The van der Waals surface area contributed by atoms with Crippen LogP contribution in [0.2, 0.25) is 0 Å². The van der Waals surface area contributed by atoms with Gasteiger partial charge in [0.15, 0.2) is 0 Å². The second-order valence-corrected chi connectivity index (χ2v) is 8.63. The van der Waals surface area contributed by atoms with E-state index in [-0.39, 0.29) is 24.0 Å². The lowest BCUT2D eigenvalue weighted by molar-refractivity contribution is -0.166. The summed E-state index contributed by atoms with van der Waals surface area (Å²) < 4.78 is 1.54. The van der Waals surface area contributed by atoms with Crippen molar-refractivity contribution in [3.63, 3.8) is 0 Å². The van der Waals surface area contributed by atoms with Crippen LogP contribution >= 0.6 is 0 Å². The van der Waals surface area contributed by atoms with E-state index in [2.05, 4.69) is 47.6 Å². The van der Waals surface area contributed by atoms with Crippen LogP contribution in [0.4, 0.5) is 0 Å². The summed E-state index contributed by atoms with van der Waals surface area (Å²) in [6.07, 6.45) is -0.272. The summed E-state index contributed by atoms with van der Waals surface area (Å²) >= 11 is 0. The Bertz CT molecular complexity index is 1260. The van der Waals surface area contributed by atoms with E-state index in [4.69, 9.17) is 4.84 Å². The van der Waals surface area contributed by atoms with Crippen LogP contribution in [-0.2, 0) is 11.4 Å². The van der Waals surface area contributed by atoms with Crippen molar-refractivity contribution in [3.8, 4) is 0 Å². The molecule has 0 aliphatic carbocycles. The average molecular weight is 426 g/mol. The molecule has 32 heavy (non-hydrogen) atoms. The van der Waals surface area contributed by atoms with Crippen molar-refractivity contribution in [1.82, 2.24) is 14.8 Å². The normalized spacial score (nSPS) is 21.3. The standard InChI is InChI=1S/C27H27N3O2/c1-18-15-19(2)30(28-18)27(31)25-20(3)32-29(17-21-9-5-4-6-10-21)26(25)24-14-13-22-11-7-8-12-23(22)16-24/h4-16,20,25-26H,17H2,1-3H3/t20-,25-,26+/m0/s1. The van der Waals surface area contributed by atoms with Crippen molar-refractivity contribution < 1.29 is 9.63 Å². The van der Waals surface area contributed by atoms with Crippen LogP contribution in [0.15, 0.2) is 78.9 Å². The fourth-order valence-corrected chi connectivity index (χ4v) is 4.77. The molecule has 0 unspecified atom stereocenters. The van der Waals surface area contributed by atoms with E-state index in [1.165, 1.54) is 5.39 Å². The maximum Gasteiger partial charge on any atom is 0.254 e. The molecule has 1 aromatic heterocycles. The second kappa shape index (κ2) is 8.34. The van der Waals surface area contributed by atoms with Gasteiger partial charge in [0.25, 0.3) is 5.91 Å². The SMILES string of the molecule is Cc1cc(C)n(C(=O)[C@H]2[C@H](C)ON(Cc3ccccc3)[C@@H]2c2ccc3ccccc3c2)n1. The second-order valence-electron chi connectivity index (χ2n) is 8.63. The molecule has 2 heterocycles. The number of hydrogen-bond donors (Lipinski definition) is 0. The van der Waals surface area contributed by atoms with Crippen LogP contribution < -0.4 is 0 Å². The predicted molar refractivity (Wildman–Crippen MR) is 125 cm³/mol. The quantitative estimate of drug-likeness (QED) is 0.434. The van der Waals surface area contributed by atoms with Crippen LogP contribution in [0.1, 0.15) is 40.3 Å². The zero-order valence-corrected chi connectivity index (χ0v) is 18.6. The zero-order valence-electron chi connectivity index (χ0n) is 18.6. The minimum atomic E-state index is -0.377. The molecule has 5 heteroatoms. The number of hydrogen-bond acceptors (Lipinski definition) is 4. The molecule has 5 rings (SSSR count). The minimum absolute atomic E-state index is 0.0307. The summed E-state index contributed by atoms with van der Waals surface area (Å²) in [4.78, 5) is 20.0. The Kier molecular flexibility index (Phi) is 5.37. The van der Waals surface area contributed by atoms with E-state index in [1.807, 2.05) is 62.2 Å². The lowest BCUT2D eigenvalue weighted by Gasteiger charge is -2.26. The molecule has 0 bridgehead atoms. The third-order valence-corrected chi connectivity index (χ3v) is 6.26. The Morgan fingerprint density at radius 1 is 0.938 bits per heavy atom. The van der Waals surface area contributed by atoms with Crippen LogP contribution in [-0.4, -0.2) is 26.9 Å². The topological polar surface area (TPSA) is 47.4 Å². The van der Waals surface area contributed by atoms with Gasteiger partial charge in [0.2, 0.25) is 0 Å². The van der Waals surface area contributed by atoms with Crippen molar-refractivity contribution in [2.75, 3.05) is 0 Å². The van der Waals surface area contributed by atoms with Gasteiger partial charge >= 0.3 is 0 Å². The maximum absolute atomic E-state index is 13.7. The van der Waals surface area contributed by atoms with Gasteiger partial charge in [-0.25, -0.2) is 4.68 Å². The lowest BCUT2D eigenvalue weighted by atomic mass is 9.88. The first-order valence-corrected chi connectivity index (χ1v) is 11.0. The van der Waals surface area contributed by atoms with Crippen LogP contribution in [0.3, 0.4) is 0 Å². The first kappa shape index (κ1) is 20.6. The van der Waals surface area contributed by atoms with Gasteiger partial charge in [-0.05, 0) is 54.8 Å². The number of fused-ring (bicyclic) bond motifs is 1. The van der Waals surface area contributed by atoms with Gasteiger partial charge in [0, 0.05) is 12.2 Å². The molecule has 0 amide bonds. The molecule has 1 saturated heterocycles. The van der Waals surface area contributed by atoms with Crippen LogP contribution in [0.25, 0.3) is 10.8 Å². The summed E-state index contributed by atoms with van der Waals surface area (Å²) in [6, 6.07) is 26.7. The number of hydroxylamine groups is 2. The number of aromatic nitrogens is 2. The third-order valence-electron chi connectivity index (χ3n) is 6.26. The molecule has 5 nitrogen and oxygen atoms in total. The highest BCUT2D eigenvalue weighted by Crippen LogP contribution is 2.42. The number of aryl methyl sites for hydroxylation is 2. The van der Waals surface area contributed by atoms with Crippen molar-refractivity contribution >= 4 is 16.7 Å². The monoisotopic (exact) mass is 425 g/mol. The molecule has 1 aliphatic rings. The lowest BCUT2D eigenvalue weighted by Crippen LogP contribution is -2.33. The average Bonchev–Trinajstić information content (AvgIpc) is 3.31. The molecule has 1 aliphatic heterocycles. The first-order valence-electron chi connectivity index (χ1n) is 11.0. The molecular formula is C27H27N3O2. The fourth-order valence-electron chi connectivity index (χ4n) is 4.77. The molecule has 1 fully saturated rings. The fraction of sp³-hybridized carbons (Fsp3) is 0.259. The van der Waals surface area contributed by atoms with Crippen molar-refractivity contribution in [2.24, 2.45) is 5.92 Å². The number of rotatable bonds is 4. The largest absolute Gasteiger partial charge is 0.294 e. The molecule has 0 spiro atoms. The van der Waals surface area contributed by atoms with Crippen LogP contribution in [0, 0.1) is 19.8 Å². The Hall–Kier alpha value is -3.28. The predicted octanol–water partition coefficient (Wildman–Crippen LogP) is 5.49. The van der Waals surface area contributed by atoms with Crippen molar-refractivity contribution in [1.29, 1.82) is 0 Å². The zero-order chi connectivity index (χ0) is 22.2. The van der Waals surface area contributed by atoms with E-state index in [0.717, 1.165) is 27.9 Å². The summed E-state index contributed by atoms with van der Waals surface area (Å²) in [5.74, 6) is -0.408. The van der Waals surface area contributed by atoms with Crippen molar-refractivity contribution in [2.45, 2.75) is 39.5 Å². The minimum Gasteiger partial charge on any atom is -0.294 e. The summed E-state index contributed by atoms with van der Waals surface area (Å²) in [7, 11) is 0. The Labute approximate surface area is 188 Å². The number of benzene rings is 3. The van der Waals surface area contributed by atoms with Gasteiger partial charge in [-0.1, -0.05) is 66.7 Å². The highest BCUT2D eigenvalue weighted by molar-refractivity contribution is 5.85. The van der Waals surface area contributed by atoms with E-state index in [1.54, 1.807) is 4.68 Å². The van der Waals surface area contributed by atoms with Crippen LogP contribution in [0.5, 0.6) is 0 Å². The highest BCUT2D eigenvalue weighted by atomic mass is 16.7.